The second-order valence-corrected chi connectivity index (χ2v) is 9.56. The Kier molecular flexibility index (Phi) is 6.60. The molecule has 2 amide bonds. The minimum Gasteiger partial charge on any atom is -0.474 e. The molecular formula is C28H26FN7O4. The summed E-state index contributed by atoms with van der Waals surface area (Å²) in [6.45, 7) is 2.61. The Morgan fingerprint density at radius 3 is 2.83 bits per heavy atom. The fraction of sp³-hybridized carbons (Fsp3) is 0.250. The number of benzene rings is 2. The summed E-state index contributed by atoms with van der Waals surface area (Å²) in [5.74, 6) is -1.67. The number of hydrogen-bond donors (Lipinski definition) is 3. The van der Waals surface area contributed by atoms with Crippen LogP contribution in [-0.4, -0.2) is 61.1 Å². The molecule has 40 heavy (non-hydrogen) atoms. The van der Waals surface area contributed by atoms with E-state index in [0.717, 1.165) is 0 Å². The standard InChI is InChI=1S/C28H26FN7O4/c1-16-10-11-36-28(40-16)21(23(34-36)18-14-30-35(15-18)12-13-37)26(38)33-25-27(39)32-24-19(8-5-9-20(24)29)22(31-25)17-6-3-2-4-7-17/h2-9,14-16,25,37H,10-13H2,1H3,(H,32,39)(H,33,38)/t16?,25-/m1/s1. The summed E-state index contributed by atoms with van der Waals surface area (Å²) in [6, 6.07) is 13.5. The van der Waals surface area contributed by atoms with Crippen LogP contribution in [0.2, 0.25) is 0 Å². The molecule has 0 bridgehead atoms. The maximum absolute atomic E-state index is 14.8. The SMILES string of the molecule is CC1CCn2nc(-c3cnn(CCO)c3)c(C(=O)N[C@H]3N=C(c4ccccc4)c4cccc(F)c4NC3=O)c2O1. The molecule has 0 saturated carbocycles. The number of nitrogens with one attached hydrogen (secondary N) is 2. The summed E-state index contributed by atoms with van der Waals surface area (Å²) >= 11 is 0. The fourth-order valence-electron chi connectivity index (χ4n) is 4.81. The minimum absolute atomic E-state index is 0.0103. The highest BCUT2D eigenvalue weighted by molar-refractivity contribution is 6.20. The van der Waals surface area contributed by atoms with Crippen LogP contribution in [0.15, 0.2) is 65.9 Å². The average molecular weight is 544 g/mol. The number of rotatable bonds is 6. The van der Waals surface area contributed by atoms with Crippen LogP contribution >= 0.6 is 0 Å². The van der Waals surface area contributed by atoms with Gasteiger partial charge < -0.3 is 20.5 Å². The van der Waals surface area contributed by atoms with Crippen molar-refractivity contribution in [1.82, 2.24) is 24.9 Å². The monoisotopic (exact) mass is 543 g/mol. The lowest BCUT2D eigenvalue weighted by molar-refractivity contribution is -0.117. The third kappa shape index (κ3) is 4.62. The Balaban J connectivity index is 1.41. The van der Waals surface area contributed by atoms with Gasteiger partial charge in [0.25, 0.3) is 11.8 Å². The van der Waals surface area contributed by atoms with E-state index in [9.17, 15) is 19.1 Å². The highest BCUT2D eigenvalue weighted by Crippen LogP contribution is 2.34. The number of anilines is 1. The summed E-state index contributed by atoms with van der Waals surface area (Å²) in [7, 11) is 0. The van der Waals surface area contributed by atoms with Gasteiger partial charge in [0.2, 0.25) is 12.0 Å². The zero-order valence-electron chi connectivity index (χ0n) is 21.5. The molecule has 0 fully saturated rings. The molecule has 2 atom stereocenters. The number of fused-ring (bicyclic) bond motifs is 2. The molecule has 1 unspecified atom stereocenters. The number of carbonyl (C=O) groups excluding carboxylic acids is 2. The van der Waals surface area contributed by atoms with Crippen molar-refractivity contribution in [2.75, 3.05) is 11.9 Å². The van der Waals surface area contributed by atoms with Crippen molar-refractivity contribution in [1.29, 1.82) is 0 Å². The summed E-state index contributed by atoms with van der Waals surface area (Å²) in [6.07, 6.45) is 2.40. The summed E-state index contributed by atoms with van der Waals surface area (Å²) in [5, 5.41) is 23.4. The Morgan fingerprint density at radius 2 is 2.02 bits per heavy atom. The predicted octanol–water partition coefficient (Wildman–Crippen LogP) is 2.59. The third-order valence-corrected chi connectivity index (χ3v) is 6.77. The molecule has 0 saturated heterocycles. The van der Waals surface area contributed by atoms with Crippen LogP contribution in [0.25, 0.3) is 11.3 Å². The number of halogens is 1. The van der Waals surface area contributed by atoms with Crippen molar-refractivity contribution in [2.45, 2.75) is 38.7 Å². The number of ether oxygens (including phenoxy) is 1. The van der Waals surface area contributed by atoms with E-state index in [2.05, 4.69) is 25.8 Å². The van der Waals surface area contributed by atoms with E-state index < -0.39 is 23.8 Å². The summed E-state index contributed by atoms with van der Waals surface area (Å²) in [5.41, 5.74) is 2.39. The molecule has 2 aromatic heterocycles. The largest absolute Gasteiger partial charge is 0.474 e. The molecule has 2 aliphatic heterocycles. The van der Waals surface area contributed by atoms with Crippen molar-refractivity contribution in [3.05, 3.63) is 83.4 Å². The molecule has 0 radical (unpaired) electrons. The van der Waals surface area contributed by atoms with Gasteiger partial charge in [-0.15, -0.1) is 0 Å². The van der Waals surface area contributed by atoms with Gasteiger partial charge >= 0.3 is 0 Å². The molecule has 3 N–H and O–H groups in total. The van der Waals surface area contributed by atoms with Gasteiger partial charge in [-0.05, 0) is 13.0 Å². The normalized spacial score (nSPS) is 18.1. The summed E-state index contributed by atoms with van der Waals surface area (Å²) < 4.78 is 24.0. The lowest BCUT2D eigenvalue weighted by Gasteiger charge is -2.22. The van der Waals surface area contributed by atoms with Crippen LogP contribution in [0.1, 0.15) is 34.8 Å². The Hall–Kier alpha value is -4.84. The zero-order valence-corrected chi connectivity index (χ0v) is 21.5. The number of benzodiazepines with no additional fused rings is 1. The maximum Gasteiger partial charge on any atom is 0.269 e. The molecule has 12 heteroatoms. The van der Waals surface area contributed by atoms with Gasteiger partial charge in [0.15, 0.2) is 0 Å². The number of aliphatic hydroxyl groups excluding tert-OH is 1. The minimum atomic E-state index is -1.38. The van der Waals surface area contributed by atoms with Gasteiger partial charge in [-0.2, -0.15) is 10.2 Å². The predicted molar refractivity (Wildman–Crippen MR) is 144 cm³/mol. The molecule has 2 aliphatic rings. The van der Waals surface area contributed by atoms with Gasteiger partial charge in [-0.25, -0.2) is 14.1 Å². The highest BCUT2D eigenvalue weighted by atomic mass is 19.1. The molecule has 2 aromatic carbocycles. The van der Waals surface area contributed by atoms with Crippen molar-refractivity contribution in [3.8, 4) is 17.1 Å². The Labute approximate surface area is 228 Å². The van der Waals surface area contributed by atoms with E-state index in [1.54, 1.807) is 46.0 Å². The molecule has 4 aromatic rings. The van der Waals surface area contributed by atoms with Gasteiger partial charge in [-0.3, -0.25) is 14.3 Å². The number of aromatic nitrogens is 4. The highest BCUT2D eigenvalue weighted by Gasteiger charge is 2.34. The number of aliphatic hydroxyl groups is 1. The van der Waals surface area contributed by atoms with E-state index in [-0.39, 0.29) is 36.4 Å². The number of hydrogen-bond acceptors (Lipinski definition) is 7. The summed E-state index contributed by atoms with van der Waals surface area (Å²) in [4.78, 5) is 31.8. The van der Waals surface area contributed by atoms with Crippen LogP contribution < -0.4 is 15.4 Å². The topological polar surface area (TPSA) is 136 Å². The van der Waals surface area contributed by atoms with Crippen molar-refractivity contribution in [3.63, 3.8) is 0 Å². The van der Waals surface area contributed by atoms with Crippen LogP contribution in [0.4, 0.5) is 10.1 Å². The number of carbonyl (C=O) groups is 2. The van der Waals surface area contributed by atoms with E-state index in [0.29, 0.717) is 41.1 Å². The number of aryl methyl sites for hydroxylation is 1. The van der Waals surface area contributed by atoms with Gasteiger partial charge in [-0.1, -0.05) is 42.5 Å². The smallest absolute Gasteiger partial charge is 0.269 e. The van der Waals surface area contributed by atoms with Crippen LogP contribution in [0, 0.1) is 5.82 Å². The lowest BCUT2D eigenvalue weighted by Crippen LogP contribution is -2.42. The molecule has 4 heterocycles. The quantitative estimate of drug-likeness (QED) is 0.342. The average Bonchev–Trinajstić information content (AvgIpc) is 3.53. The lowest BCUT2D eigenvalue weighted by atomic mass is 10.0. The molecule has 204 valence electrons. The van der Waals surface area contributed by atoms with Gasteiger partial charge in [0.1, 0.15) is 17.1 Å². The second-order valence-electron chi connectivity index (χ2n) is 9.56. The number of amides is 2. The van der Waals surface area contributed by atoms with Crippen LogP contribution in [0.3, 0.4) is 0 Å². The van der Waals surface area contributed by atoms with E-state index in [1.807, 2.05) is 25.1 Å². The number of para-hydroxylation sites is 1. The van der Waals surface area contributed by atoms with E-state index >= 15 is 0 Å². The molecule has 0 spiro atoms. The second kappa shape index (κ2) is 10.4. The fourth-order valence-corrected chi connectivity index (χ4v) is 4.81. The van der Waals surface area contributed by atoms with Crippen LogP contribution in [-0.2, 0) is 17.9 Å². The Bertz CT molecular complexity index is 1630. The van der Waals surface area contributed by atoms with Crippen LogP contribution in [0.5, 0.6) is 5.88 Å². The first kappa shape index (κ1) is 25.4. The molecule has 6 rings (SSSR count). The molecule has 0 aliphatic carbocycles. The first-order valence-corrected chi connectivity index (χ1v) is 12.9. The molecule has 11 nitrogen and oxygen atoms in total. The van der Waals surface area contributed by atoms with Gasteiger partial charge in [0, 0.05) is 35.9 Å². The Morgan fingerprint density at radius 1 is 1.20 bits per heavy atom. The van der Waals surface area contributed by atoms with Gasteiger partial charge in [0.05, 0.1) is 36.9 Å². The maximum atomic E-state index is 14.8. The van der Waals surface area contributed by atoms with E-state index in [1.165, 1.54) is 6.07 Å². The van der Waals surface area contributed by atoms with Crippen molar-refractivity contribution < 1.29 is 23.8 Å². The van der Waals surface area contributed by atoms with Crippen molar-refractivity contribution >= 4 is 23.2 Å². The van der Waals surface area contributed by atoms with E-state index in [4.69, 9.17) is 4.74 Å². The number of aliphatic imine (C=N–C) groups is 1. The molecular weight excluding hydrogens is 517 g/mol. The first-order valence-electron chi connectivity index (χ1n) is 12.9. The van der Waals surface area contributed by atoms with Crippen molar-refractivity contribution in [2.24, 2.45) is 4.99 Å². The first-order chi connectivity index (χ1) is 19.4. The zero-order chi connectivity index (χ0) is 27.8. The number of nitrogens with zero attached hydrogens (tertiary/aromatic N) is 5. The third-order valence-electron chi connectivity index (χ3n) is 6.77.